The molecule has 0 saturated carbocycles. The van der Waals surface area contributed by atoms with Gasteiger partial charge in [0, 0.05) is 18.8 Å². The second-order valence-corrected chi connectivity index (χ2v) is 7.84. The Labute approximate surface area is 155 Å². The van der Waals surface area contributed by atoms with E-state index in [0.717, 1.165) is 19.4 Å². The minimum Gasteiger partial charge on any atom is -0.493 e. The lowest BCUT2D eigenvalue weighted by Crippen LogP contribution is -2.35. The first-order chi connectivity index (χ1) is 11.8. The third-order valence-corrected chi connectivity index (χ3v) is 3.91. The second-order valence-electron chi connectivity index (χ2n) is 6.76. The van der Waals surface area contributed by atoms with Crippen LogP contribution in [0.2, 0.25) is 0 Å². The molecular formula is C19H28N2O3S. The van der Waals surface area contributed by atoms with Crippen molar-refractivity contribution in [2.75, 3.05) is 13.7 Å². The van der Waals surface area contributed by atoms with Crippen LogP contribution in [-0.2, 0) is 0 Å². The van der Waals surface area contributed by atoms with Crippen molar-refractivity contribution in [2.45, 2.75) is 57.9 Å². The van der Waals surface area contributed by atoms with E-state index in [0.29, 0.717) is 22.7 Å². The van der Waals surface area contributed by atoms with Gasteiger partial charge in [0.1, 0.15) is 4.93 Å². The summed E-state index contributed by atoms with van der Waals surface area (Å²) in [6, 6.07) is 3.56. The summed E-state index contributed by atoms with van der Waals surface area (Å²) in [5.41, 5.74) is 1.18. The molecule has 1 aromatic rings. The summed E-state index contributed by atoms with van der Waals surface area (Å²) < 4.78 is 11.2. The Kier molecular flexibility index (Phi) is 6.38. The molecule has 1 unspecified atom stereocenters. The number of carbonyl (C=O) groups excluding carboxylic acids is 1. The first-order valence-electron chi connectivity index (χ1n) is 8.79. The van der Waals surface area contributed by atoms with Crippen LogP contribution in [0.1, 0.15) is 57.3 Å². The molecule has 1 saturated heterocycles. The van der Waals surface area contributed by atoms with E-state index < -0.39 is 4.93 Å². The summed E-state index contributed by atoms with van der Waals surface area (Å²) in [7, 11) is 1.56. The monoisotopic (exact) mass is 364 g/mol. The zero-order valence-corrected chi connectivity index (χ0v) is 16.6. The Bertz CT molecular complexity index is 653. The van der Waals surface area contributed by atoms with E-state index in [-0.39, 0.29) is 11.9 Å². The Morgan fingerprint density at radius 2 is 2.00 bits per heavy atom. The average molecular weight is 365 g/mol. The molecule has 0 aromatic heterocycles. The van der Waals surface area contributed by atoms with E-state index >= 15 is 0 Å². The summed E-state index contributed by atoms with van der Waals surface area (Å²) in [6.45, 7) is 8.71. The molecule has 0 N–H and O–H groups in total. The maximum absolute atomic E-state index is 12.7. The number of rotatable bonds is 3. The van der Waals surface area contributed by atoms with Crippen LogP contribution in [0.5, 0.6) is 11.5 Å². The predicted octanol–water partition coefficient (Wildman–Crippen LogP) is 4.48. The number of ether oxygens (including phenoxy) is 2. The number of carbonyl (C=O) groups is 1. The van der Waals surface area contributed by atoms with E-state index in [9.17, 15) is 4.79 Å². The molecule has 25 heavy (non-hydrogen) atoms. The molecule has 2 heterocycles. The molecule has 2 aliphatic heterocycles. The van der Waals surface area contributed by atoms with Gasteiger partial charge in [0.2, 0.25) is 0 Å². The molecule has 0 radical (unpaired) electrons. The van der Waals surface area contributed by atoms with Crippen molar-refractivity contribution in [3.05, 3.63) is 17.7 Å². The van der Waals surface area contributed by atoms with Crippen LogP contribution in [0.15, 0.2) is 17.1 Å². The molecule has 0 bridgehead atoms. The summed E-state index contributed by atoms with van der Waals surface area (Å²) in [4.78, 5) is 18.4. The quantitative estimate of drug-likeness (QED) is 0.636. The number of fused-ring (bicyclic) bond motifs is 2. The molecule has 1 atom stereocenters. The van der Waals surface area contributed by atoms with Crippen LogP contribution in [0, 0.1) is 0 Å². The molecule has 0 spiro atoms. The Morgan fingerprint density at radius 3 is 2.60 bits per heavy atom. The van der Waals surface area contributed by atoms with Gasteiger partial charge >= 0.3 is 0 Å². The largest absolute Gasteiger partial charge is 0.493 e. The lowest BCUT2D eigenvalue weighted by Gasteiger charge is -2.23. The highest BCUT2D eigenvalue weighted by Crippen LogP contribution is 2.39. The maximum atomic E-state index is 12.7. The summed E-state index contributed by atoms with van der Waals surface area (Å²) in [5.74, 6) is 1.06. The van der Waals surface area contributed by atoms with Crippen molar-refractivity contribution in [1.29, 1.82) is 0 Å². The zero-order valence-electron chi connectivity index (χ0n) is 15.7. The molecule has 5 nitrogen and oxygen atoms in total. The maximum Gasteiger partial charge on any atom is 0.256 e. The van der Waals surface area contributed by atoms with Crippen molar-refractivity contribution in [1.82, 2.24) is 4.90 Å². The van der Waals surface area contributed by atoms with Gasteiger partial charge in [-0.25, -0.2) is 0 Å². The minimum atomic E-state index is -0.653. The van der Waals surface area contributed by atoms with Gasteiger partial charge in [-0.3, -0.25) is 9.79 Å². The molecule has 2 aliphatic rings. The van der Waals surface area contributed by atoms with Crippen LogP contribution >= 0.6 is 12.6 Å². The summed E-state index contributed by atoms with van der Waals surface area (Å²) >= 11 is 4.38. The van der Waals surface area contributed by atoms with Crippen molar-refractivity contribution in [3.8, 4) is 11.5 Å². The Morgan fingerprint density at radius 1 is 1.32 bits per heavy atom. The van der Waals surface area contributed by atoms with Crippen molar-refractivity contribution >= 4 is 30.4 Å². The normalized spacial score (nSPS) is 18.7. The van der Waals surface area contributed by atoms with Gasteiger partial charge in [-0.05, 0) is 32.8 Å². The molecule has 6 heteroatoms. The molecule has 1 aromatic carbocycles. The molecule has 1 amide bonds. The summed E-state index contributed by atoms with van der Waals surface area (Å²) in [6.07, 6.45) is 5.09. The summed E-state index contributed by atoms with van der Waals surface area (Å²) in [5, 5.41) is 0. The van der Waals surface area contributed by atoms with Gasteiger partial charge < -0.3 is 14.4 Å². The highest BCUT2D eigenvalue weighted by Gasteiger charge is 2.32. The van der Waals surface area contributed by atoms with E-state index in [4.69, 9.17) is 9.47 Å². The molecule has 0 aliphatic carbocycles. The third kappa shape index (κ3) is 4.69. The predicted molar refractivity (Wildman–Crippen MR) is 105 cm³/mol. The van der Waals surface area contributed by atoms with Crippen molar-refractivity contribution in [3.63, 3.8) is 0 Å². The fraction of sp³-hybridized carbons (Fsp3) is 0.579. The number of aliphatic imine (C=N–C) groups is 1. The van der Waals surface area contributed by atoms with Crippen LogP contribution in [0.4, 0.5) is 5.69 Å². The van der Waals surface area contributed by atoms with Gasteiger partial charge in [-0.1, -0.05) is 20.3 Å². The first-order valence-corrected chi connectivity index (χ1v) is 9.24. The third-order valence-electron chi connectivity index (χ3n) is 3.82. The number of thiol groups is 1. The second kappa shape index (κ2) is 8.13. The topological polar surface area (TPSA) is 51.1 Å². The number of amides is 1. The smallest absolute Gasteiger partial charge is 0.256 e. The molecular weight excluding hydrogens is 336 g/mol. The minimum absolute atomic E-state index is 0.00461. The average Bonchev–Trinajstić information content (AvgIpc) is 2.95. The Balaban J connectivity index is 0.000000701. The highest BCUT2D eigenvalue weighted by molar-refractivity contribution is 7.81. The zero-order chi connectivity index (χ0) is 18.6. The molecule has 138 valence electrons. The van der Waals surface area contributed by atoms with Gasteiger partial charge in [0.25, 0.3) is 5.91 Å². The van der Waals surface area contributed by atoms with E-state index in [2.05, 4.69) is 31.5 Å². The lowest BCUT2D eigenvalue weighted by molar-refractivity contribution is 0.0774. The van der Waals surface area contributed by atoms with Gasteiger partial charge in [0.15, 0.2) is 11.5 Å². The fourth-order valence-corrected chi connectivity index (χ4v) is 2.95. The fourth-order valence-electron chi connectivity index (χ4n) is 2.86. The van der Waals surface area contributed by atoms with Crippen molar-refractivity contribution in [2.24, 2.45) is 4.99 Å². The SMILES string of the molecule is CCC.COc1cc2c(cc1OC(C)(C)S)N=CC1CCCN1C2=O. The van der Waals surface area contributed by atoms with E-state index in [1.165, 1.54) is 6.42 Å². The molecule has 1 fully saturated rings. The van der Waals surface area contributed by atoms with Crippen molar-refractivity contribution < 1.29 is 14.3 Å². The van der Waals surface area contributed by atoms with Crippen LogP contribution < -0.4 is 9.47 Å². The number of nitrogens with zero attached hydrogens (tertiary/aromatic N) is 2. The Hall–Kier alpha value is -1.69. The van der Waals surface area contributed by atoms with Gasteiger partial charge in [0.05, 0.1) is 24.4 Å². The van der Waals surface area contributed by atoms with Crippen LogP contribution in [0.3, 0.4) is 0 Å². The van der Waals surface area contributed by atoms with Crippen LogP contribution in [0.25, 0.3) is 0 Å². The number of hydrogen-bond donors (Lipinski definition) is 1. The van der Waals surface area contributed by atoms with Gasteiger partial charge in [-0.2, -0.15) is 0 Å². The van der Waals surface area contributed by atoms with E-state index in [1.807, 2.05) is 25.0 Å². The lowest BCUT2D eigenvalue weighted by atomic mass is 10.1. The molecule has 3 rings (SSSR count). The highest BCUT2D eigenvalue weighted by atomic mass is 32.1. The van der Waals surface area contributed by atoms with Gasteiger partial charge in [-0.15, -0.1) is 12.6 Å². The number of benzene rings is 1. The standard InChI is InChI=1S/C16H20N2O3S.C3H8/c1-16(2,22)21-14-8-12-11(7-13(14)20-3)15(19)18-6-4-5-10(18)9-17-12;1-3-2/h7-10,22H,4-6H2,1-3H3;3H2,1-2H3. The number of hydrogen-bond acceptors (Lipinski definition) is 5. The van der Waals surface area contributed by atoms with Crippen LogP contribution in [-0.4, -0.2) is 41.7 Å². The van der Waals surface area contributed by atoms with E-state index in [1.54, 1.807) is 19.2 Å². The number of methoxy groups -OCH3 is 1. The first kappa shape index (κ1) is 19.6.